The van der Waals surface area contributed by atoms with Gasteiger partial charge in [-0.2, -0.15) is 5.26 Å². The zero-order valence-electron chi connectivity index (χ0n) is 20.1. The molecule has 2 heterocycles. The number of benzene rings is 2. The SMILES string of the molecule is Cl.N#Cc1ccc(Nc2cccc(C[C@H](C(=O)O)[C@H]3CCNC3)c2)c(C[C@H](C(=O)O)[C@H]2CCNC2)c1. The summed E-state index contributed by atoms with van der Waals surface area (Å²) in [6, 6.07) is 15.2. The second-order valence-corrected chi connectivity index (χ2v) is 9.61. The van der Waals surface area contributed by atoms with Gasteiger partial charge in [0.15, 0.2) is 0 Å². The molecule has 8 nitrogen and oxygen atoms in total. The second-order valence-electron chi connectivity index (χ2n) is 9.61. The van der Waals surface area contributed by atoms with Crippen LogP contribution in [0, 0.1) is 35.0 Å². The van der Waals surface area contributed by atoms with Crippen molar-refractivity contribution < 1.29 is 19.8 Å². The molecule has 0 spiro atoms. The van der Waals surface area contributed by atoms with E-state index in [0.717, 1.165) is 55.0 Å². The molecule has 2 fully saturated rings. The Morgan fingerprint density at radius 1 is 0.972 bits per heavy atom. The van der Waals surface area contributed by atoms with E-state index in [1.54, 1.807) is 12.1 Å². The van der Waals surface area contributed by atoms with E-state index in [4.69, 9.17) is 0 Å². The predicted molar refractivity (Wildman–Crippen MR) is 140 cm³/mol. The maximum Gasteiger partial charge on any atom is 0.307 e. The van der Waals surface area contributed by atoms with Crippen molar-refractivity contribution in [2.24, 2.45) is 23.7 Å². The maximum atomic E-state index is 12.1. The first-order valence-electron chi connectivity index (χ1n) is 12.2. The number of hydrogen-bond donors (Lipinski definition) is 5. The Balaban J connectivity index is 0.00000361. The Hall–Kier alpha value is -3.12. The Morgan fingerprint density at radius 2 is 1.61 bits per heavy atom. The molecule has 2 aromatic carbocycles. The topological polar surface area (TPSA) is 134 Å². The van der Waals surface area contributed by atoms with E-state index in [2.05, 4.69) is 22.0 Å². The summed E-state index contributed by atoms with van der Waals surface area (Å²) in [5, 5.41) is 39.0. The van der Waals surface area contributed by atoms with Crippen LogP contribution in [-0.4, -0.2) is 48.3 Å². The Bertz CT molecular complexity index is 1110. The van der Waals surface area contributed by atoms with Gasteiger partial charge in [-0.05, 0) is 105 Å². The molecule has 4 atom stereocenters. The van der Waals surface area contributed by atoms with Crippen LogP contribution in [0.15, 0.2) is 42.5 Å². The zero-order chi connectivity index (χ0) is 24.8. The highest BCUT2D eigenvalue weighted by atomic mass is 35.5. The first-order chi connectivity index (χ1) is 16.9. The third-order valence-electron chi connectivity index (χ3n) is 7.31. The molecule has 0 unspecified atom stereocenters. The smallest absolute Gasteiger partial charge is 0.307 e. The predicted octanol–water partition coefficient (Wildman–Crippen LogP) is 3.43. The van der Waals surface area contributed by atoms with Gasteiger partial charge < -0.3 is 26.2 Å². The van der Waals surface area contributed by atoms with E-state index in [0.29, 0.717) is 24.9 Å². The monoisotopic (exact) mass is 512 g/mol. The van der Waals surface area contributed by atoms with E-state index in [1.165, 1.54) is 0 Å². The molecule has 2 saturated heterocycles. The van der Waals surface area contributed by atoms with Crippen molar-refractivity contribution in [2.75, 3.05) is 31.5 Å². The van der Waals surface area contributed by atoms with Gasteiger partial charge in [0.2, 0.25) is 0 Å². The quantitative estimate of drug-likeness (QED) is 0.327. The average molecular weight is 513 g/mol. The van der Waals surface area contributed by atoms with Crippen LogP contribution in [0.2, 0.25) is 0 Å². The number of anilines is 2. The fourth-order valence-corrected chi connectivity index (χ4v) is 5.33. The molecular formula is C27H33ClN4O4. The Kier molecular flexibility index (Phi) is 9.71. The summed E-state index contributed by atoms with van der Waals surface area (Å²) in [6.45, 7) is 3.08. The van der Waals surface area contributed by atoms with Gasteiger partial charge in [0, 0.05) is 11.4 Å². The first kappa shape index (κ1) is 27.5. The number of nitrogens with one attached hydrogen (secondary N) is 3. The molecule has 0 aliphatic carbocycles. The average Bonchev–Trinajstić information content (AvgIpc) is 3.56. The van der Waals surface area contributed by atoms with Gasteiger partial charge in [0.25, 0.3) is 0 Å². The lowest BCUT2D eigenvalue weighted by Crippen LogP contribution is -2.27. The van der Waals surface area contributed by atoms with E-state index < -0.39 is 23.8 Å². The van der Waals surface area contributed by atoms with Gasteiger partial charge >= 0.3 is 11.9 Å². The van der Waals surface area contributed by atoms with Crippen LogP contribution in [0.1, 0.15) is 29.5 Å². The van der Waals surface area contributed by atoms with Crippen LogP contribution in [0.5, 0.6) is 0 Å². The van der Waals surface area contributed by atoms with Gasteiger partial charge in [0.05, 0.1) is 23.5 Å². The summed E-state index contributed by atoms with van der Waals surface area (Å²) in [4.78, 5) is 24.0. The molecule has 4 rings (SSSR count). The van der Waals surface area contributed by atoms with Crippen LogP contribution in [0.3, 0.4) is 0 Å². The van der Waals surface area contributed by atoms with Crippen molar-refractivity contribution in [1.82, 2.24) is 10.6 Å². The highest BCUT2D eigenvalue weighted by Crippen LogP contribution is 2.30. The number of hydrogen-bond acceptors (Lipinski definition) is 6. The van der Waals surface area contributed by atoms with Crippen LogP contribution in [-0.2, 0) is 22.4 Å². The van der Waals surface area contributed by atoms with E-state index in [1.807, 2.05) is 30.3 Å². The molecule has 36 heavy (non-hydrogen) atoms. The molecule has 192 valence electrons. The Morgan fingerprint density at radius 3 is 2.17 bits per heavy atom. The van der Waals surface area contributed by atoms with Crippen LogP contribution in [0.25, 0.3) is 0 Å². The molecule has 0 bridgehead atoms. The highest BCUT2D eigenvalue weighted by Gasteiger charge is 2.32. The minimum absolute atomic E-state index is 0. The highest BCUT2D eigenvalue weighted by molar-refractivity contribution is 5.85. The second kappa shape index (κ2) is 12.7. The van der Waals surface area contributed by atoms with Crippen molar-refractivity contribution in [1.29, 1.82) is 5.26 Å². The number of carbonyl (C=O) groups is 2. The van der Waals surface area contributed by atoms with Crippen LogP contribution >= 0.6 is 12.4 Å². The normalized spacial score (nSPS) is 20.6. The number of aliphatic carboxylic acids is 2. The van der Waals surface area contributed by atoms with E-state index in [9.17, 15) is 25.1 Å². The number of halogens is 1. The summed E-state index contributed by atoms with van der Waals surface area (Å²) in [5.41, 5.74) is 3.77. The van der Waals surface area contributed by atoms with Crippen molar-refractivity contribution in [2.45, 2.75) is 25.7 Å². The van der Waals surface area contributed by atoms with Gasteiger partial charge in [0.1, 0.15) is 0 Å². The van der Waals surface area contributed by atoms with Gasteiger partial charge in [-0.1, -0.05) is 12.1 Å². The number of nitrogens with zero attached hydrogens (tertiary/aromatic N) is 1. The maximum absolute atomic E-state index is 12.1. The van der Waals surface area contributed by atoms with Crippen LogP contribution < -0.4 is 16.0 Å². The lowest BCUT2D eigenvalue weighted by Gasteiger charge is -2.21. The fourth-order valence-electron chi connectivity index (χ4n) is 5.33. The van der Waals surface area contributed by atoms with Gasteiger partial charge in [-0.25, -0.2) is 0 Å². The molecule has 0 amide bonds. The van der Waals surface area contributed by atoms with Gasteiger partial charge in [-0.15, -0.1) is 12.4 Å². The molecule has 5 N–H and O–H groups in total. The molecular weight excluding hydrogens is 480 g/mol. The number of carboxylic acids is 2. The molecule has 0 radical (unpaired) electrons. The molecule has 0 aromatic heterocycles. The summed E-state index contributed by atoms with van der Waals surface area (Å²) >= 11 is 0. The van der Waals surface area contributed by atoms with Crippen molar-refractivity contribution in [3.63, 3.8) is 0 Å². The summed E-state index contributed by atoms with van der Waals surface area (Å²) in [7, 11) is 0. The number of carboxylic acid groups (broad SMARTS) is 2. The third-order valence-corrected chi connectivity index (χ3v) is 7.31. The fraction of sp³-hybridized carbons (Fsp3) is 0.444. The van der Waals surface area contributed by atoms with Gasteiger partial charge in [-0.3, -0.25) is 9.59 Å². The Labute approximate surface area is 217 Å². The lowest BCUT2D eigenvalue weighted by atomic mass is 9.85. The van der Waals surface area contributed by atoms with E-state index >= 15 is 0 Å². The summed E-state index contributed by atoms with van der Waals surface area (Å²) < 4.78 is 0. The minimum atomic E-state index is -0.824. The molecule has 9 heteroatoms. The molecule has 2 aromatic rings. The molecule has 0 saturated carbocycles. The number of nitriles is 1. The van der Waals surface area contributed by atoms with Crippen molar-refractivity contribution in [3.8, 4) is 6.07 Å². The standard InChI is InChI=1S/C27H32N4O4.ClH/c28-14-18-4-5-25(21(10-18)13-24(27(34)35)20-7-9-30-16-20)31-22-3-1-2-17(11-22)12-23(26(32)33)19-6-8-29-15-19;/h1-5,10-11,19-20,23-24,29-31H,6-9,12-13,15-16H2,(H,32,33)(H,34,35);1H/t19-,20-,23-,24-;/m0./s1. The first-order valence-corrected chi connectivity index (χ1v) is 12.2. The number of rotatable bonds is 10. The third kappa shape index (κ3) is 6.76. The zero-order valence-corrected chi connectivity index (χ0v) is 20.9. The molecule has 2 aliphatic rings. The van der Waals surface area contributed by atoms with Crippen LogP contribution in [0.4, 0.5) is 11.4 Å². The largest absolute Gasteiger partial charge is 0.481 e. The summed E-state index contributed by atoms with van der Waals surface area (Å²) in [5.74, 6) is -2.41. The minimum Gasteiger partial charge on any atom is -0.481 e. The lowest BCUT2D eigenvalue weighted by molar-refractivity contribution is -0.144. The van der Waals surface area contributed by atoms with Crippen molar-refractivity contribution >= 4 is 35.7 Å². The molecule has 2 aliphatic heterocycles. The summed E-state index contributed by atoms with van der Waals surface area (Å²) in [6.07, 6.45) is 2.47. The van der Waals surface area contributed by atoms with Crippen molar-refractivity contribution in [3.05, 3.63) is 59.2 Å². The van der Waals surface area contributed by atoms with E-state index in [-0.39, 0.29) is 24.2 Å².